The zero-order chi connectivity index (χ0) is 24.3. The van der Waals surface area contributed by atoms with Crippen molar-refractivity contribution in [1.29, 1.82) is 5.41 Å². The summed E-state index contributed by atoms with van der Waals surface area (Å²) in [7, 11) is 1.51. The highest BCUT2D eigenvalue weighted by Gasteiger charge is 2.39. The SMILES string of the molecule is CCOC(=O)C[C@H]1O[C@H](c2cccc(OC)c2Cl)c2cc(Br)ccc2N(C(N)C(C)F)C1=N. The van der Waals surface area contributed by atoms with Crippen molar-refractivity contribution in [3.8, 4) is 5.75 Å². The van der Waals surface area contributed by atoms with E-state index >= 15 is 0 Å². The number of hydrogen-bond donors (Lipinski definition) is 2. The summed E-state index contributed by atoms with van der Waals surface area (Å²) in [6, 6.07) is 10.6. The van der Waals surface area contributed by atoms with Crippen molar-refractivity contribution in [2.24, 2.45) is 5.73 Å². The third-order valence-electron chi connectivity index (χ3n) is 5.32. The summed E-state index contributed by atoms with van der Waals surface area (Å²) >= 11 is 10.1. The van der Waals surface area contributed by atoms with Gasteiger partial charge < -0.3 is 24.8 Å². The van der Waals surface area contributed by atoms with Crippen LogP contribution in [0.5, 0.6) is 5.75 Å². The van der Waals surface area contributed by atoms with Crippen LogP contribution in [0.15, 0.2) is 40.9 Å². The van der Waals surface area contributed by atoms with E-state index in [9.17, 15) is 9.18 Å². The number of rotatable bonds is 7. The third kappa shape index (κ3) is 5.32. The van der Waals surface area contributed by atoms with E-state index in [-0.39, 0.29) is 18.9 Å². The van der Waals surface area contributed by atoms with Crippen molar-refractivity contribution in [3.63, 3.8) is 0 Å². The lowest BCUT2D eigenvalue weighted by Gasteiger charge is -2.33. The second kappa shape index (κ2) is 10.8. The molecule has 7 nitrogen and oxygen atoms in total. The molecule has 0 fully saturated rings. The molecule has 2 unspecified atom stereocenters. The minimum atomic E-state index is -1.47. The molecule has 0 spiro atoms. The molecule has 33 heavy (non-hydrogen) atoms. The standard InChI is InChI=1S/C23H26BrClFN3O4/c1-4-32-19(30)11-18-23(28)29(22(27)12(2)26)16-9-8-13(24)10-15(16)21(33-18)14-6-5-7-17(31-3)20(14)25/h5-10,12,18,21-22,28H,4,11,27H2,1-3H3/t12?,18-,21-,22?/m1/s1. The largest absolute Gasteiger partial charge is 0.495 e. The molecule has 0 bridgehead atoms. The van der Waals surface area contributed by atoms with Gasteiger partial charge in [-0.25, -0.2) is 4.39 Å². The Hall–Kier alpha value is -2.20. The summed E-state index contributed by atoms with van der Waals surface area (Å²) < 4.78 is 31.9. The van der Waals surface area contributed by atoms with Crippen molar-refractivity contribution in [1.82, 2.24) is 0 Å². The summed E-state index contributed by atoms with van der Waals surface area (Å²) in [4.78, 5) is 13.7. The number of nitrogens with zero attached hydrogens (tertiary/aromatic N) is 1. The van der Waals surface area contributed by atoms with Gasteiger partial charge in [-0.1, -0.05) is 39.7 Å². The fourth-order valence-corrected chi connectivity index (χ4v) is 4.39. The fourth-order valence-electron chi connectivity index (χ4n) is 3.71. The molecule has 4 atom stereocenters. The molecule has 0 amide bonds. The maximum Gasteiger partial charge on any atom is 0.308 e. The maximum absolute atomic E-state index is 14.4. The zero-order valence-corrected chi connectivity index (χ0v) is 20.8. The fraction of sp³-hybridized carbons (Fsp3) is 0.391. The molecule has 0 aliphatic carbocycles. The van der Waals surface area contributed by atoms with Gasteiger partial charge in [0.25, 0.3) is 0 Å². The number of hydrogen-bond acceptors (Lipinski definition) is 6. The lowest BCUT2D eigenvalue weighted by Crippen LogP contribution is -2.54. The summed E-state index contributed by atoms with van der Waals surface area (Å²) in [6.07, 6.45) is -4.75. The first-order valence-electron chi connectivity index (χ1n) is 10.4. The van der Waals surface area contributed by atoms with Gasteiger partial charge in [0.1, 0.15) is 36.1 Å². The lowest BCUT2D eigenvalue weighted by atomic mass is 9.98. The lowest BCUT2D eigenvalue weighted by molar-refractivity contribution is -0.145. The zero-order valence-electron chi connectivity index (χ0n) is 18.5. The average molecular weight is 543 g/mol. The number of anilines is 1. The van der Waals surface area contributed by atoms with Crippen LogP contribution in [0.25, 0.3) is 0 Å². The van der Waals surface area contributed by atoms with Crippen LogP contribution in [0.3, 0.4) is 0 Å². The molecule has 1 aliphatic rings. The van der Waals surface area contributed by atoms with E-state index in [1.165, 1.54) is 18.9 Å². The molecule has 1 aliphatic heterocycles. The van der Waals surface area contributed by atoms with E-state index in [0.29, 0.717) is 27.6 Å². The van der Waals surface area contributed by atoms with E-state index in [1.54, 1.807) is 43.3 Å². The van der Waals surface area contributed by atoms with Gasteiger partial charge in [0.15, 0.2) is 0 Å². The number of halogens is 3. The number of carbonyl (C=O) groups excluding carboxylic acids is 1. The van der Waals surface area contributed by atoms with E-state index < -0.39 is 30.5 Å². The molecule has 0 radical (unpaired) electrons. The Balaban J connectivity index is 2.23. The summed E-state index contributed by atoms with van der Waals surface area (Å²) in [5.74, 6) is -0.247. The Bertz CT molecular complexity index is 1040. The van der Waals surface area contributed by atoms with E-state index in [1.807, 2.05) is 0 Å². The molecule has 3 N–H and O–H groups in total. The molecule has 3 rings (SSSR count). The normalized spacial score (nSPS) is 20.0. The number of carbonyl (C=O) groups is 1. The second-order valence-corrected chi connectivity index (χ2v) is 8.80. The first-order valence-corrected chi connectivity index (χ1v) is 11.6. The van der Waals surface area contributed by atoms with Crippen LogP contribution in [0.1, 0.15) is 37.5 Å². The van der Waals surface area contributed by atoms with Crippen molar-refractivity contribution in [2.75, 3.05) is 18.6 Å². The second-order valence-electron chi connectivity index (χ2n) is 7.50. The number of nitrogens with one attached hydrogen (secondary N) is 1. The molecular weight excluding hydrogens is 517 g/mol. The van der Waals surface area contributed by atoms with Crippen LogP contribution in [0.2, 0.25) is 5.02 Å². The Morgan fingerprint density at radius 1 is 1.36 bits per heavy atom. The van der Waals surface area contributed by atoms with Gasteiger partial charge in [0.05, 0.1) is 30.8 Å². The molecule has 0 saturated carbocycles. The number of amidine groups is 1. The van der Waals surface area contributed by atoms with E-state index in [0.717, 1.165) is 4.47 Å². The van der Waals surface area contributed by atoms with Gasteiger partial charge in [0.2, 0.25) is 0 Å². The Labute approximate surface area is 205 Å². The van der Waals surface area contributed by atoms with Gasteiger partial charge in [-0.3, -0.25) is 10.2 Å². The number of esters is 1. The average Bonchev–Trinajstić information content (AvgIpc) is 2.88. The topological polar surface area (TPSA) is 97.9 Å². The van der Waals surface area contributed by atoms with Crippen LogP contribution < -0.4 is 15.4 Å². The quantitative estimate of drug-likeness (QED) is 0.479. The smallest absolute Gasteiger partial charge is 0.308 e. The molecule has 10 heteroatoms. The third-order valence-corrected chi connectivity index (χ3v) is 6.22. The van der Waals surface area contributed by atoms with Gasteiger partial charge in [-0.05, 0) is 38.1 Å². The number of ether oxygens (including phenoxy) is 3. The minimum absolute atomic E-state index is 0.148. The summed E-state index contributed by atoms with van der Waals surface area (Å²) in [5, 5.41) is 9.17. The molecule has 0 aromatic heterocycles. The molecular formula is C23H26BrClFN3O4. The highest BCUT2D eigenvalue weighted by Crippen LogP contribution is 2.44. The number of alkyl halides is 1. The summed E-state index contributed by atoms with van der Waals surface area (Å²) in [5.41, 5.74) is 7.85. The van der Waals surface area contributed by atoms with Crippen molar-refractivity contribution >= 4 is 45.0 Å². The molecule has 2 aromatic carbocycles. The molecule has 178 valence electrons. The highest BCUT2D eigenvalue weighted by molar-refractivity contribution is 9.10. The number of nitrogens with two attached hydrogens (primary N) is 1. The van der Waals surface area contributed by atoms with E-state index in [4.69, 9.17) is 37.0 Å². The predicted octanol–water partition coefficient (Wildman–Crippen LogP) is 4.98. The van der Waals surface area contributed by atoms with Gasteiger partial charge in [-0.15, -0.1) is 0 Å². The monoisotopic (exact) mass is 541 g/mol. The number of benzene rings is 2. The van der Waals surface area contributed by atoms with Crippen LogP contribution in [-0.2, 0) is 14.3 Å². The Morgan fingerprint density at radius 3 is 2.73 bits per heavy atom. The first kappa shape index (κ1) is 25.4. The van der Waals surface area contributed by atoms with Crippen LogP contribution in [0.4, 0.5) is 10.1 Å². The Morgan fingerprint density at radius 2 is 2.09 bits per heavy atom. The highest BCUT2D eigenvalue weighted by atomic mass is 79.9. The van der Waals surface area contributed by atoms with E-state index in [2.05, 4.69) is 15.9 Å². The van der Waals surface area contributed by atoms with Gasteiger partial charge in [-0.2, -0.15) is 0 Å². The van der Waals surface area contributed by atoms with Crippen molar-refractivity contribution in [3.05, 3.63) is 57.0 Å². The van der Waals surface area contributed by atoms with Gasteiger partial charge in [0, 0.05) is 15.6 Å². The molecule has 2 aromatic rings. The predicted molar refractivity (Wildman–Crippen MR) is 129 cm³/mol. The number of fused-ring (bicyclic) bond motifs is 1. The van der Waals surface area contributed by atoms with Crippen molar-refractivity contribution in [2.45, 2.75) is 44.8 Å². The van der Waals surface area contributed by atoms with Crippen LogP contribution >= 0.6 is 27.5 Å². The first-order chi connectivity index (χ1) is 15.7. The van der Waals surface area contributed by atoms with Crippen LogP contribution in [-0.4, -0.2) is 44.0 Å². The summed E-state index contributed by atoms with van der Waals surface area (Å²) in [6.45, 7) is 3.19. The van der Waals surface area contributed by atoms with Crippen LogP contribution in [0, 0.1) is 5.41 Å². The molecule has 1 heterocycles. The molecule has 0 saturated heterocycles. The minimum Gasteiger partial charge on any atom is -0.495 e. The maximum atomic E-state index is 14.4. The van der Waals surface area contributed by atoms with Gasteiger partial charge >= 0.3 is 5.97 Å². The van der Waals surface area contributed by atoms with Crippen molar-refractivity contribution < 1.29 is 23.4 Å². The number of methoxy groups -OCH3 is 1. The Kier molecular flexibility index (Phi) is 8.33.